The third-order valence-electron chi connectivity index (χ3n) is 2.51. The Kier molecular flexibility index (Phi) is 6.77. The minimum Gasteiger partial charge on any atom is -0.488 e. The molecule has 5 heteroatoms. The van der Waals surface area contributed by atoms with E-state index in [1.807, 2.05) is 13.8 Å². The van der Waals surface area contributed by atoms with Crippen molar-refractivity contribution in [3.05, 3.63) is 29.6 Å². The van der Waals surface area contributed by atoms with Crippen LogP contribution in [0.25, 0.3) is 0 Å². The van der Waals surface area contributed by atoms with E-state index < -0.39 is 18.2 Å². The summed E-state index contributed by atoms with van der Waals surface area (Å²) in [4.78, 5) is 0. The average Bonchev–Trinajstić information content (AvgIpc) is 2.36. The number of benzene rings is 1. The van der Waals surface area contributed by atoms with Crippen molar-refractivity contribution < 1.29 is 23.7 Å². The summed E-state index contributed by atoms with van der Waals surface area (Å²) in [6, 6.07) is 4.04. The van der Waals surface area contributed by atoms with Crippen LogP contribution in [-0.2, 0) is 9.47 Å². The number of halogens is 1. The molecule has 0 fully saturated rings. The molecule has 0 spiro atoms. The molecule has 1 N–H and O–H groups in total. The topological polar surface area (TPSA) is 47.9 Å². The van der Waals surface area contributed by atoms with Gasteiger partial charge in [-0.25, -0.2) is 4.39 Å². The molecule has 0 heterocycles. The molecule has 0 aliphatic carbocycles. The molecule has 0 amide bonds. The summed E-state index contributed by atoms with van der Waals surface area (Å²) in [5.41, 5.74) is 0.535. The van der Waals surface area contributed by atoms with Gasteiger partial charge in [0.2, 0.25) is 0 Å². The van der Waals surface area contributed by atoms with Gasteiger partial charge >= 0.3 is 0 Å². The fourth-order valence-electron chi connectivity index (χ4n) is 1.65. The lowest BCUT2D eigenvalue weighted by Gasteiger charge is -2.19. The lowest BCUT2D eigenvalue weighted by molar-refractivity contribution is -0.152. The van der Waals surface area contributed by atoms with E-state index in [1.54, 1.807) is 6.92 Å². The number of hydrogen-bond acceptors (Lipinski definition) is 4. The predicted molar refractivity (Wildman–Crippen MR) is 69.6 cm³/mol. The Morgan fingerprint density at radius 2 is 1.84 bits per heavy atom. The van der Waals surface area contributed by atoms with Gasteiger partial charge in [-0.15, -0.1) is 0 Å². The highest BCUT2D eigenvalue weighted by Crippen LogP contribution is 2.26. The Balaban J connectivity index is 2.71. The lowest BCUT2D eigenvalue weighted by Crippen LogP contribution is -2.25. The Hall–Kier alpha value is -1.17. The van der Waals surface area contributed by atoms with Crippen molar-refractivity contribution in [3.8, 4) is 5.75 Å². The van der Waals surface area contributed by atoms with Crippen molar-refractivity contribution in [1.29, 1.82) is 0 Å². The van der Waals surface area contributed by atoms with E-state index in [2.05, 4.69) is 0 Å². The molecule has 108 valence electrons. The van der Waals surface area contributed by atoms with Crippen molar-refractivity contribution in [2.45, 2.75) is 33.2 Å². The van der Waals surface area contributed by atoms with Crippen LogP contribution in [0, 0.1) is 5.82 Å². The van der Waals surface area contributed by atoms with E-state index in [4.69, 9.17) is 14.2 Å². The maximum absolute atomic E-state index is 13.2. The summed E-state index contributed by atoms with van der Waals surface area (Å²) >= 11 is 0. The normalized spacial score (nSPS) is 12.7. The molecule has 0 bridgehead atoms. The summed E-state index contributed by atoms with van der Waals surface area (Å²) in [6.45, 7) is 6.46. The first-order valence-electron chi connectivity index (χ1n) is 6.42. The summed E-state index contributed by atoms with van der Waals surface area (Å²) in [6.07, 6.45) is -1.23. The van der Waals surface area contributed by atoms with Crippen molar-refractivity contribution in [1.82, 2.24) is 0 Å². The molecule has 0 aromatic heterocycles. The molecule has 0 aliphatic heterocycles. The van der Waals surface area contributed by atoms with Crippen LogP contribution in [-0.4, -0.2) is 31.2 Å². The summed E-state index contributed by atoms with van der Waals surface area (Å²) < 4.78 is 29.4. The lowest BCUT2D eigenvalue weighted by atomic mass is 10.1. The molecule has 0 saturated heterocycles. The first-order valence-corrected chi connectivity index (χ1v) is 6.42. The zero-order valence-electron chi connectivity index (χ0n) is 11.6. The van der Waals surface area contributed by atoms with Crippen molar-refractivity contribution in [2.24, 2.45) is 0 Å². The highest BCUT2D eigenvalue weighted by molar-refractivity contribution is 5.35. The van der Waals surface area contributed by atoms with Crippen LogP contribution >= 0.6 is 0 Å². The number of aliphatic hydroxyl groups excluding tert-OH is 1. The van der Waals surface area contributed by atoms with E-state index >= 15 is 0 Å². The van der Waals surface area contributed by atoms with Crippen LogP contribution < -0.4 is 4.74 Å². The number of ether oxygens (including phenoxy) is 3. The number of aliphatic hydroxyl groups is 1. The minimum atomic E-state index is -0.728. The summed E-state index contributed by atoms with van der Waals surface area (Å²) in [5.74, 6) is -0.108. The zero-order valence-corrected chi connectivity index (χ0v) is 11.6. The summed E-state index contributed by atoms with van der Waals surface area (Å²) in [5, 5.41) is 9.60. The van der Waals surface area contributed by atoms with E-state index in [-0.39, 0.29) is 6.61 Å². The van der Waals surface area contributed by atoms with Gasteiger partial charge in [0.25, 0.3) is 0 Å². The first kappa shape index (κ1) is 15.9. The van der Waals surface area contributed by atoms with Gasteiger partial charge in [0.15, 0.2) is 6.29 Å². The maximum atomic E-state index is 13.2. The second kappa shape index (κ2) is 8.09. The maximum Gasteiger partial charge on any atom is 0.191 e. The van der Waals surface area contributed by atoms with Crippen LogP contribution in [0.2, 0.25) is 0 Å². The van der Waals surface area contributed by atoms with Crippen molar-refractivity contribution >= 4 is 0 Å². The molecule has 1 atom stereocenters. The van der Waals surface area contributed by atoms with Gasteiger partial charge in [0.05, 0.1) is 6.10 Å². The van der Waals surface area contributed by atoms with Gasteiger partial charge in [-0.3, -0.25) is 0 Å². The van der Waals surface area contributed by atoms with Gasteiger partial charge in [0, 0.05) is 24.8 Å². The fourth-order valence-corrected chi connectivity index (χ4v) is 1.65. The molecule has 0 saturated carbocycles. The Bertz CT molecular complexity index is 376. The fraction of sp³-hybridized carbons (Fsp3) is 0.571. The third-order valence-corrected chi connectivity index (χ3v) is 2.51. The smallest absolute Gasteiger partial charge is 0.191 e. The molecule has 0 unspecified atom stereocenters. The van der Waals surface area contributed by atoms with Gasteiger partial charge in [0.1, 0.15) is 18.2 Å². The highest BCUT2D eigenvalue weighted by Gasteiger charge is 2.14. The molecular weight excluding hydrogens is 251 g/mol. The Morgan fingerprint density at radius 3 is 2.37 bits per heavy atom. The largest absolute Gasteiger partial charge is 0.488 e. The van der Waals surface area contributed by atoms with Gasteiger partial charge in [-0.05, 0) is 32.9 Å². The quantitative estimate of drug-likeness (QED) is 0.739. The third kappa shape index (κ3) is 5.14. The Morgan fingerprint density at radius 1 is 1.21 bits per heavy atom. The molecule has 1 rings (SSSR count). The van der Waals surface area contributed by atoms with Crippen molar-refractivity contribution in [3.63, 3.8) is 0 Å². The van der Waals surface area contributed by atoms with Crippen LogP contribution in [0.3, 0.4) is 0 Å². The summed E-state index contributed by atoms with van der Waals surface area (Å²) in [7, 11) is 0. The number of rotatable bonds is 8. The zero-order chi connectivity index (χ0) is 14.3. The van der Waals surface area contributed by atoms with Gasteiger partial charge < -0.3 is 19.3 Å². The van der Waals surface area contributed by atoms with Crippen LogP contribution in [0.1, 0.15) is 32.4 Å². The van der Waals surface area contributed by atoms with Crippen LogP contribution in [0.5, 0.6) is 5.75 Å². The monoisotopic (exact) mass is 272 g/mol. The van der Waals surface area contributed by atoms with Gasteiger partial charge in [-0.2, -0.15) is 0 Å². The van der Waals surface area contributed by atoms with E-state index in [0.717, 1.165) is 0 Å². The van der Waals surface area contributed by atoms with Crippen LogP contribution in [0.4, 0.5) is 4.39 Å². The second-order valence-corrected chi connectivity index (χ2v) is 4.01. The molecule has 0 aliphatic rings. The molecule has 0 radical (unpaired) electrons. The van der Waals surface area contributed by atoms with Crippen molar-refractivity contribution in [2.75, 3.05) is 19.8 Å². The average molecular weight is 272 g/mol. The SMILES string of the molecule is CCOC(COc1cc(F)ccc1[C@H](C)O)OCC. The number of hydrogen-bond donors (Lipinski definition) is 1. The van der Waals surface area contributed by atoms with E-state index in [0.29, 0.717) is 24.5 Å². The molecule has 1 aromatic rings. The van der Waals surface area contributed by atoms with E-state index in [1.165, 1.54) is 18.2 Å². The molecular formula is C14H21FO4. The van der Waals surface area contributed by atoms with Crippen LogP contribution in [0.15, 0.2) is 18.2 Å². The Labute approximate surface area is 113 Å². The molecule has 19 heavy (non-hydrogen) atoms. The molecule has 4 nitrogen and oxygen atoms in total. The molecule has 1 aromatic carbocycles. The second-order valence-electron chi connectivity index (χ2n) is 4.01. The predicted octanol–water partition coefficient (Wildman–Crippen LogP) is 2.66. The standard InChI is InChI=1S/C14H21FO4/c1-4-17-14(18-5-2)9-19-13-8-11(15)6-7-12(13)10(3)16/h6-8,10,14,16H,4-5,9H2,1-3H3/t10-/m0/s1. The first-order chi connectivity index (χ1) is 9.08. The minimum absolute atomic E-state index is 0.144. The van der Waals surface area contributed by atoms with Gasteiger partial charge in [-0.1, -0.05) is 0 Å². The highest BCUT2D eigenvalue weighted by atomic mass is 19.1. The van der Waals surface area contributed by atoms with E-state index in [9.17, 15) is 9.50 Å².